The van der Waals surface area contributed by atoms with E-state index in [1.165, 1.54) is 17.0 Å². The lowest BCUT2D eigenvalue weighted by Gasteiger charge is -2.09. The summed E-state index contributed by atoms with van der Waals surface area (Å²) in [5.74, 6) is 1.01. The number of hydrogen-bond acceptors (Lipinski definition) is 3. The molecule has 0 atom stereocenters. The highest BCUT2D eigenvalue weighted by Crippen LogP contribution is 2.21. The predicted octanol–water partition coefficient (Wildman–Crippen LogP) is 1.78. The van der Waals surface area contributed by atoms with E-state index in [4.69, 9.17) is 0 Å². The highest BCUT2D eigenvalue weighted by molar-refractivity contribution is 7.08. The van der Waals surface area contributed by atoms with Crippen molar-refractivity contribution in [2.24, 2.45) is 0 Å². The molecule has 0 unspecified atom stereocenters. The second-order valence-electron chi connectivity index (χ2n) is 3.45. The smallest absolute Gasteiger partial charge is 0.138 e. The monoisotopic (exact) mass is 205 g/mol. The first kappa shape index (κ1) is 8.20. The van der Waals surface area contributed by atoms with Crippen LogP contribution >= 0.6 is 11.3 Å². The highest BCUT2D eigenvalue weighted by atomic mass is 32.1. The Morgan fingerprint density at radius 3 is 3.21 bits per heavy atom. The summed E-state index contributed by atoms with van der Waals surface area (Å²) < 4.78 is 0. The molecule has 4 heteroatoms. The average molecular weight is 205 g/mol. The number of aromatic amines is 1. The zero-order chi connectivity index (χ0) is 9.38. The molecular formula is C10H11N3S. The van der Waals surface area contributed by atoms with Crippen molar-refractivity contribution in [1.82, 2.24) is 15.3 Å². The Labute approximate surface area is 86.2 Å². The van der Waals surface area contributed by atoms with Gasteiger partial charge >= 0.3 is 0 Å². The van der Waals surface area contributed by atoms with Crippen molar-refractivity contribution < 1.29 is 0 Å². The summed E-state index contributed by atoms with van der Waals surface area (Å²) in [4.78, 5) is 7.97. The Morgan fingerprint density at radius 1 is 1.43 bits per heavy atom. The summed E-state index contributed by atoms with van der Waals surface area (Å²) in [5.41, 5.74) is 3.67. The van der Waals surface area contributed by atoms with Crippen LogP contribution in [-0.2, 0) is 13.0 Å². The van der Waals surface area contributed by atoms with Gasteiger partial charge in [0.25, 0.3) is 0 Å². The van der Waals surface area contributed by atoms with E-state index in [1.54, 1.807) is 11.3 Å². The van der Waals surface area contributed by atoms with Gasteiger partial charge in [0.2, 0.25) is 0 Å². The van der Waals surface area contributed by atoms with Crippen molar-refractivity contribution in [3.63, 3.8) is 0 Å². The van der Waals surface area contributed by atoms with Crippen LogP contribution in [-0.4, -0.2) is 16.5 Å². The molecule has 0 aromatic carbocycles. The topological polar surface area (TPSA) is 40.7 Å². The number of thiophene rings is 1. The molecule has 3 rings (SSSR count). The van der Waals surface area contributed by atoms with E-state index in [9.17, 15) is 0 Å². The molecule has 2 aromatic heterocycles. The van der Waals surface area contributed by atoms with Gasteiger partial charge in [-0.1, -0.05) is 0 Å². The van der Waals surface area contributed by atoms with Gasteiger partial charge in [-0.15, -0.1) is 0 Å². The number of nitrogens with zero attached hydrogens (tertiary/aromatic N) is 1. The maximum atomic E-state index is 4.58. The number of rotatable bonds is 1. The molecule has 3 nitrogen and oxygen atoms in total. The predicted molar refractivity (Wildman–Crippen MR) is 57.3 cm³/mol. The van der Waals surface area contributed by atoms with Crippen molar-refractivity contribution in [2.45, 2.75) is 13.0 Å². The molecule has 2 aromatic rings. The zero-order valence-corrected chi connectivity index (χ0v) is 8.53. The quantitative estimate of drug-likeness (QED) is 0.745. The molecular weight excluding hydrogens is 194 g/mol. The summed E-state index contributed by atoms with van der Waals surface area (Å²) in [7, 11) is 0. The van der Waals surface area contributed by atoms with Crippen LogP contribution in [0, 0.1) is 0 Å². The van der Waals surface area contributed by atoms with Gasteiger partial charge in [-0.25, -0.2) is 4.98 Å². The third kappa shape index (κ3) is 1.27. The molecule has 3 heterocycles. The summed E-state index contributed by atoms with van der Waals surface area (Å²) in [6.45, 7) is 1.95. The van der Waals surface area contributed by atoms with Gasteiger partial charge in [0.15, 0.2) is 0 Å². The summed E-state index contributed by atoms with van der Waals surface area (Å²) in [5, 5.41) is 7.52. The lowest BCUT2D eigenvalue weighted by atomic mass is 10.2. The molecule has 0 spiro atoms. The Morgan fingerprint density at radius 2 is 2.43 bits per heavy atom. The first-order chi connectivity index (χ1) is 6.93. The average Bonchev–Trinajstić information content (AvgIpc) is 2.86. The van der Waals surface area contributed by atoms with Crippen LogP contribution in [0.1, 0.15) is 11.4 Å². The molecule has 0 amide bonds. The van der Waals surface area contributed by atoms with Crippen molar-refractivity contribution in [3.05, 3.63) is 28.2 Å². The molecule has 72 valence electrons. The van der Waals surface area contributed by atoms with E-state index in [-0.39, 0.29) is 0 Å². The maximum Gasteiger partial charge on any atom is 0.138 e. The lowest BCUT2D eigenvalue weighted by Crippen LogP contribution is -2.23. The van der Waals surface area contributed by atoms with Gasteiger partial charge in [-0.3, -0.25) is 0 Å². The third-order valence-electron chi connectivity index (χ3n) is 2.50. The van der Waals surface area contributed by atoms with E-state index in [0.717, 1.165) is 25.3 Å². The summed E-state index contributed by atoms with van der Waals surface area (Å²) in [6.07, 6.45) is 1.06. The van der Waals surface area contributed by atoms with Crippen LogP contribution in [0.4, 0.5) is 0 Å². The SMILES string of the molecule is c1cc(-c2nc3c([nH]2)CCNC3)cs1. The van der Waals surface area contributed by atoms with Crippen LogP contribution < -0.4 is 5.32 Å². The number of H-pyrrole nitrogens is 1. The second kappa shape index (κ2) is 3.22. The summed E-state index contributed by atoms with van der Waals surface area (Å²) >= 11 is 1.70. The fraction of sp³-hybridized carbons (Fsp3) is 0.300. The molecule has 0 bridgehead atoms. The van der Waals surface area contributed by atoms with E-state index in [2.05, 4.69) is 32.1 Å². The Kier molecular flexibility index (Phi) is 1.89. The van der Waals surface area contributed by atoms with Crippen LogP contribution in [0.3, 0.4) is 0 Å². The van der Waals surface area contributed by atoms with Gasteiger partial charge in [-0.2, -0.15) is 11.3 Å². The molecule has 1 aliphatic rings. The van der Waals surface area contributed by atoms with Crippen molar-refractivity contribution in [2.75, 3.05) is 6.54 Å². The van der Waals surface area contributed by atoms with E-state index in [0.29, 0.717) is 0 Å². The zero-order valence-electron chi connectivity index (χ0n) is 7.71. The van der Waals surface area contributed by atoms with Crippen LogP contribution in [0.5, 0.6) is 0 Å². The lowest BCUT2D eigenvalue weighted by molar-refractivity contribution is 0.627. The van der Waals surface area contributed by atoms with Gasteiger partial charge < -0.3 is 10.3 Å². The standard InChI is InChI=1S/C10H11N3S/c1-3-11-5-9-8(1)12-10(13-9)7-2-4-14-6-7/h2,4,6,11H,1,3,5H2,(H,12,13). The molecule has 0 saturated heterocycles. The highest BCUT2D eigenvalue weighted by Gasteiger charge is 2.14. The maximum absolute atomic E-state index is 4.58. The molecule has 0 aliphatic carbocycles. The fourth-order valence-electron chi connectivity index (χ4n) is 1.75. The Balaban J connectivity index is 2.04. The Hall–Kier alpha value is -1.13. The van der Waals surface area contributed by atoms with Crippen molar-refractivity contribution in [3.8, 4) is 11.4 Å². The van der Waals surface area contributed by atoms with Gasteiger partial charge in [0, 0.05) is 36.1 Å². The largest absolute Gasteiger partial charge is 0.342 e. The minimum atomic E-state index is 0.899. The van der Waals surface area contributed by atoms with Gasteiger partial charge in [0.1, 0.15) is 5.82 Å². The minimum absolute atomic E-state index is 0.899. The molecule has 0 saturated carbocycles. The van der Waals surface area contributed by atoms with Crippen molar-refractivity contribution >= 4 is 11.3 Å². The molecule has 0 fully saturated rings. The van der Waals surface area contributed by atoms with Crippen LogP contribution in [0.15, 0.2) is 16.8 Å². The number of hydrogen-bond donors (Lipinski definition) is 2. The minimum Gasteiger partial charge on any atom is -0.342 e. The first-order valence-corrected chi connectivity index (χ1v) is 5.69. The normalized spacial score (nSPS) is 15.4. The van der Waals surface area contributed by atoms with E-state index in [1.807, 2.05) is 0 Å². The van der Waals surface area contributed by atoms with Crippen molar-refractivity contribution in [1.29, 1.82) is 0 Å². The first-order valence-electron chi connectivity index (χ1n) is 4.74. The Bertz CT molecular complexity index is 407. The second-order valence-corrected chi connectivity index (χ2v) is 4.23. The van der Waals surface area contributed by atoms with Crippen LogP contribution in [0.2, 0.25) is 0 Å². The number of fused-ring (bicyclic) bond motifs is 1. The van der Waals surface area contributed by atoms with Crippen LogP contribution in [0.25, 0.3) is 11.4 Å². The van der Waals surface area contributed by atoms with Gasteiger partial charge in [0.05, 0.1) is 5.69 Å². The molecule has 1 aliphatic heterocycles. The molecule has 0 radical (unpaired) electrons. The van der Waals surface area contributed by atoms with Gasteiger partial charge in [-0.05, 0) is 11.4 Å². The number of imidazole rings is 1. The fourth-order valence-corrected chi connectivity index (χ4v) is 2.40. The van der Waals surface area contributed by atoms with E-state index < -0.39 is 0 Å². The number of nitrogens with one attached hydrogen (secondary N) is 2. The van der Waals surface area contributed by atoms with E-state index >= 15 is 0 Å². The summed E-state index contributed by atoms with van der Waals surface area (Å²) in [6, 6.07) is 2.10. The number of aromatic nitrogens is 2. The third-order valence-corrected chi connectivity index (χ3v) is 3.19. The molecule has 2 N–H and O–H groups in total. The molecule has 14 heavy (non-hydrogen) atoms.